The quantitative estimate of drug-likeness (QED) is 0.557. The van der Waals surface area contributed by atoms with Crippen molar-refractivity contribution in [3.63, 3.8) is 0 Å². The predicted octanol–water partition coefficient (Wildman–Crippen LogP) is 3.34. The summed E-state index contributed by atoms with van der Waals surface area (Å²) in [6.45, 7) is 6.40. The lowest BCUT2D eigenvalue weighted by molar-refractivity contribution is 0.0863. The van der Waals surface area contributed by atoms with Crippen molar-refractivity contribution in [1.29, 1.82) is 0 Å². The minimum absolute atomic E-state index is 0.157. The number of hydrogen-bond acceptors (Lipinski definition) is 5. The fourth-order valence-corrected chi connectivity index (χ4v) is 4.33. The fourth-order valence-electron chi connectivity index (χ4n) is 4.12. The summed E-state index contributed by atoms with van der Waals surface area (Å²) in [5.74, 6) is 0.507. The average Bonchev–Trinajstić information content (AvgIpc) is 3.19. The number of aromatic nitrogens is 3. The average molecular weight is 453 g/mol. The van der Waals surface area contributed by atoms with E-state index in [0.717, 1.165) is 32.6 Å². The van der Waals surface area contributed by atoms with Crippen molar-refractivity contribution in [3.05, 3.63) is 76.8 Å². The highest BCUT2D eigenvalue weighted by Gasteiger charge is 2.26. The summed E-state index contributed by atoms with van der Waals surface area (Å²) < 4.78 is 1.60. The van der Waals surface area contributed by atoms with Crippen molar-refractivity contribution < 1.29 is 4.79 Å². The number of halogens is 1. The van der Waals surface area contributed by atoms with Crippen molar-refractivity contribution >= 4 is 17.5 Å². The molecule has 2 heterocycles. The van der Waals surface area contributed by atoms with Crippen LogP contribution in [0, 0.1) is 6.92 Å². The van der Waals surface area contributed by atoms with Gasteiger partial charge in [0.2, 0.25) is 5.82 Å². The number of nitrogens with one attached hydrogen (secondary N) is 1. The number of piperazine rings is 1. The molecule has 0 radical (unpaired) electrons. The molecule has 3 aromatic rings. The minimum atomic E-state index is -0.267. The van der Waals surface area contributed by atoms with Crippen LogP contribution in [0.15, 0.2) is 54.6 Å². The highest BCUT2D eigenvalue weighted by atomic mass is 35.5. The second-order valence-corrected chi connectivity index (χ2v) is 8.59. The van der Waals surface area contributed by atoms with Gasteiger partial charge in [-0.05, 0) is 38.1 Å². The Bertz CT molecular complexity index is 1050. The van der Waals surface area contributed by atoms with E-state index in [1.54, 1.807) is 10.7 Å². The maximum absolute atomic E-state index is 12.6. The predicted molar refractivity (Wildman–Crippen MR) is 126 cm³/mol. The van der Waals surface area contributed by atoms with Crippen molar-refractivity contribution in [3.8, 4) is 5.69 Å². The molecule has 2 aromatic carbocycles. The van der Waals surface area contributed by atoms with Crippen LogP contribution < -0.4 is 5.32 Å². The van der Waals surface area contributed by atoms with Gasteiger partial charge >= 0.3 is 0 Å². The molecule has 1 aliphatic heterocycles. The van der Waals surface area contributed by atoms with Gasteiger partial charge < -0.3 is 10.2 Å². The standard InChI is InChI=1S/C24H29ClN6O/c1-18-27-23(28-31(18)21-12-7-6-11-20(21)25)24(32)26-13-8-14-30-16-15-29(2)17-22(30)19-9-4-3-5-10-19/h3-7,9-12,22H,8,13-17H2,1-2H3,(H,26,32). The molecule has 1 fully saturated rings. The molecule has 1 aromatic heterocycles. The molecule has 0 aliphatic carbocycles. The van der Waals surface area contributed by atoms with Crippen LogP contribution in [0.3, 0.4) is 0 Å². The van der Waals surface area contributed by atoms with E-state index in [1.807, 2.05) is 25.1 Å². The van der Waals surface area contributed by atoms with Gasteiger partial charge in [-0.1, -0.05) is 54.1 Å². The highest BCUT2D eigenvalue weighted by molar-refractivity contribution is 6.32. The van der Waals surface area contributed by atoms with Crippen molar-refractivity contribution in [2.45, 2.75) is 19.4 Å². The summed E-state index contributed by atoms with van der Waals surface area (Å²) in [6.07, 6.45) is 0.864. The molecule has 1 aliphatic rings. The fraction of sp³-hybridized carbons (Fsp3) is 0.375. The zero-order chi connectivity index (χ0) is 22.5. The van der Waals surface area contributed by atoms with Gasteiger partial charge in [0.1, 0.15) is 5.82 Å². The number of amides is 1. The number of hydrogen-bond donors (Lipinski definition) is 1. The van der Waals surface area contributed by atoms with Crippen LogP contribution in [-0.4, -0.2) is 70.2 Å². The highest BCUT2D eigenvalue weighted by Crippen LogP contribution is 2.24. The first-order valence-electron chi connectivity index (χ1n) is 11.0. The molecule has 32 heavy (non-hydrogen) atoms. The number of rotatable bonds is 7. The number of aryl methyl sites for hydroxylation is 1. The third-order valence-electron chi connectivity index (χ3n) is 5.84. The number of nitrogens with zero attached hydrogens (tertiary/aromatic N) is 5. The third-order valence-corrected chi connectivity index (χ3v) is 6.16. The number of benzene rings is 2. The van der Waals surface area contributed by atoms with E-state index in [4.69, 9.17) is 11.6 Å². The van der Waals surface area contributed by atoms with Crippen molar-refractivity contribution in [1.82, 2.24) is 29.9 Å². The Morgan fingerprint density at radius 2 is 1.88 bits per heavy atom. The molecule has 0 spiro atoms. The number of carbonyl (C=O) groups excluding carboxylic acids is 1. The lowest BCUT2D eigenvalue weighted by Crippen LogP contribution is -2.47. The van der Waals surface area contributed by atoms with Gasteiger partial charge in [0.25, 0.3) is 5.91 Å². The van der Waals surface area contributed by atoms with Gasteiger partial charge in [0.05, 0.1) is 10.7 Å². The Morgan fingerprint density at radius 1 is 1.12 bits per heavy atom. The maximum atomic E-state index is 12.6. The molecule has 1 N–H and O–H groups in total. The smallest absolute Gasteiger partial charge is 0.290 e. The van der Waals surface area contributed by atoms with Gasteiger partial charge in [-0.2, -0.15) is 0 Å². The first kappa shape index (κ1) is 22.5. The zero-order valence-corrected chi connectivity index (χ0v) is 19.3. The van der Waals surface area contributed by atoms with Crippen LogP contribution in [0.5, 0.6) is 0 Å². The second-order valence-electron chi connectivity index (χ2n) is 8.18. The van der Waals surface area contributed by atoms with E-state index in [1.165, 1.54) is 5.56 Å². The van der Waals surface area contributed by atoms with Gasteiger partial charge in [-0.15, -0.1) is 5.10 Å². The molecule has 1 atom stereocenters. The molecule has 0 saturated carbocycles. The van der Waals surface area contributed by atoms with E-state index >= 15 is 0 Å². The summed E-state index contributed by atoms with van der Waals surface area (Å²) in [5, 5.41) is 7.89. The monoisotopic (exact) mass is 452 g/mol. The molecule has 8 heteroatoms. The van der Waals surface area contributed by atoms with Gasteiger partial charge in [-0.3, -0.25) is 9.69 Å². The molecule has 1 amide bonds. The third kappa shape index (κ3) is 5.18. The van der Waals surface area contributed by atoms with E-state index in [-0.39, 0.29) is 11.7 Å². The molecule has 7 nitrogen and oxygen atoms in total. The van der Waals surface area contributed by atoms with Gasteiger partial charge in [-0.25, -0.2) is 9.67 Å². The Kier molecular flexibility index (Phi) is 7.19. The Morgan fingerprint density at radius 3 is 2.66 bits per heavy atom. The summed E-state index contributed by atoms with van der Waals surface area (Å²) in [7, 11) is 2.17. The summed E-state index contributed by atoms with van der Waals surface area (Å²) >= 11 is 6.26. The topological polar surface area (TPSA) is 66.3 Å². The lowest BCUT2D eigenvalue weighted by Gasteiger charge is -2.40. The van der Waals surface area contributed by atoms with Crippen LogP contribution in [0.1, 0.15) is 34.5 Å². The van der Waals surface area contributed by atoms with Gasteiger partial charge in [0, 0.05) is 38.8 Å². The second kappa shape index (κ2) is 10.3. The number of likely N-dealkylation sites (N-methyl/N-ethyl adjacent to an activating group) is 1. The van der Waals surface area contributed by atoms with Crippen molar-refractivity contribution in [2.75, 3.05) is 39.8 Å². The van der Waals surface area contributed by atoms with Gasteiger partial charge in [0.15, 0.2) is 0 Å². The zero-order valence-electron chi connectivity index (χ0n) is 18.5. The largest absolute Gasteiger partial charge is 0.349 e. The number of carbonyl (C=O) groups is 1. The molecule has 4 rings (SSSR count). The lowest BCUT2D eigenvalue weighted by atomic mass is 10.0. The van der Waals surface area contributed by atoms with Crippen LogP contribution in [0.25, 0.3) is 5.69 Å². The Labute approximate surface area is 194 Å². The van der Waals surface area contributed by atoms with E-state index in [2.05, 4.69) is 62.6 Å². The SMILES string of the molecule is Cc1nc(C(=O)NCCCN2CCN(C)CC2c2ccccc2)nn1-c1ccccc1Cl. The van der Waals surface area contributed by atoms with Crippen LogP contribution >= 0.6 is 11.6 Å². The molecule has 1 unspecified atom stereocenters. The molecular weight excluding hydrogens is 424 g/mol. The first-order chi connectivity index (χ1) is 15.5. The normalized spacial score (nSPS) is 17.4. The Hall–Kier alpha value is -2.74. The Balaban J connectivity index is 1.32. The maximum Gasteiger partial charge on any atom is 0.290 e. The first-order valence-corrected chi connectivity index (χ1v) is 11.3. The van der Waals surface area contributed by atoms with E-state index in [0.29, 0.717) is 29.1 Å². The molecular formula is C24H29ClN6O. The van der Waals surface area contributed by atoms with Crippen LogP contribution in [0.2, 0.25) is 5.02 Å². The van der Waals surface area contributed by atoms with Crippen molar-refractivity contribution in [2.24, 2.45) is 0 Å². The molecule has 0 bridgehead atoms. The molecule has 1 saturated heterocycles. The van der Waals surface area contributed by atoms with Crippen LogP contribution in [0.4, 0.5) is 0 Å². The minimum Gasteiger partial charge on any atom is -0.349 e. The van der Waals surface area contributed by atoms with E-state index in [9.17, 15) is 4.79 Å². The summed E-state index contributed by atoms with van der Waals surface area (Å²) in [6, 6.07) is 18.4. The van der Waals surface area contributed by atoms with E-state index < -0.39 is 0 Å². The number of para-hydroxylation sites is 1. The summed E-state index contributed by atoms with van der Waals surface area (Å²) in [4.78, 5) is 21.8. The molecule has 168 valence electrons. The summed E-state index contributed by atoms with van der Waals surface area (Å²) in [5.41, 5.74) is 2.05. The van der Waals surface area contributed by atoms with Crippen LogP contribution in [-0.2, 0) is 0 Å².